The topological polar surface area (TPSA) is 75.7 Å². The lowest BCUT2D eigenvalue weighted by Gasteiger charge is -2.32. The van der Waals surface area contributed by atoms with Gasteiger partial charge >= 0.3 is 6.09 Å². The van der Waals surface area contributed by atoms with E-state index >= 15 is 0 Å². The van der Waals surface area contributed by atoms with Crippen molar-refractivity contribution in [2.24, 2.45) is 0 Å². The summed E-state index contributed by atoms with van der Waals surface area (Å²) in [5, 5.41) is 1.74. The molecule has 2 rings (SSSR count). The summed E-state index contributed by atoms with van der Waals surface area (Å²) in [5.74, 6) is 0. The van der Waals surface area contributed by atoms with Crippen LogP contribution in [0.15, 0.2) is 29.2 Å². The van der Waals surface area contributed by atoms with Crippen LogP contribution in [0, 0.1) is 0 Å². The number of hydrogen-bond acceptors (Lipinski definition) is 5. The number of benzene rings is 1. The van der Waals surface area contributed by atoms with Gasteiger partial charge in [-0.25, -0.2) is 18.2 Å². The first-order valence-corrected chi connectivity index (χ1v) is 9.74. The number of carbonyl (C=O) groups is 1. The summed E-state index contributed by atoms with van der Waals surface area (Å²) >= 11 is 5.81. The van der Waals surface area contributed by atoms with Crippen LogP contribution in [0.5, 0.6) is 0 Å². The van der Waals surface area contributed by atoms with Crippen LogP contribution in [-0.4, -0.2) is 43.5 Å². The van der Waals surface area contributed by atoms with Crippen LogP contribution in [-0.2, 0) is 14.6 Å². The lowest BCUT2D eigenvalue weighted by atomic mass is 10.1. The van der Waals surface area contributed by atoms with Crippen molar-refractivity contribution in [1.29, 1.82) is 0 Å². The number of rotatable bonds is 3. The number of amides is 1. The quantitative estimate of drug-likeness (QED) is 0.880. The Kier molecular flexibility index (Phi) is 5.78. The third kappa shape index (κ3) is 5.09. The van der Waals surface area contributed by atoms with E-state index in [0.29, 0.717) is 31.0 Å². The smallest absolute Gasteiger partial charge is 0.422 e. The molecule has 0 atom stereocenters. The lowest BCUT2D eigenvalue weighted by molar-refractivity contribution is 0.0300. The van der Waals surface area contributed by atoms with Crippen molar-refractivity contribution in [3.05, 3.63) is 29.3 Å². The Balaban J connectivity index is 1.92. The standard InChI is InChI=1S/C16H23ClN2O4S/c1-16(2,3)23-15(20)18-19-10-8-14(9-11-19)24(21,22)13-6-4-12(17)5-7-13/h4-7,14H,8-11H2,1-3H3,(H,18,20). The largest absolute Gasteiger partial charge is 0.443 e. The Labute approximate surface area is 148 Å². The molecule has 1 aromatic rings. The summed E-state index contributed by atoms with van der Waals surface area (Å²) in [5.41, 5.74) is 2.09. The molecule has 1 N–H and O–H groups in total. The molecule has 1 saturated heterocycles. The molecule has 0 aromatic heterocycles. The second-order valence-corrected chi connectivity index (χ2v) is 9.46. The van der Waals surface area contributed by atoms with Crippen LogP contribution in [0.2, 0.25) is 5.02 Å². The van der Waals surface area contributed by atoms with Crippen LogP contribution in [0.25, 0.3) is 0 Å². The summed E-state index contributed by atoms with van der Waals surface area (Å²) in [6, 6.07) is 6.22. The first kappa shape index (κ1) is 19.0. The highest BCUT2D eigenvalue weighted by molar-refractivity contribution is 7.92. The van der Waals surface area contributed by atoms with E-state index in [0.717, 1.165) is 0 Å². The zero-order chi connectivity index (χ0) is 18.0. The van der Waals surface area contributed by atoms with Gasteiger partial charge in [0.2, 0.25) is 0 Å². The van der Waals surface area contributed by atoms with E-state index < -0.39 is 26.8 Å². The van der Waals surface area contributed by atoms with Crippen molar-refractivity contribution in [2.45, 2.75) is 49.4 Å². The van der Waals surface area contributed by atoms with Gasteiger partial charge in [0.25, 0.3) is 0 Å². The van der Waals surface area contributed by atoms with E-state index in [1.54, 1.807) is 37.9 Å². The van der Waals surface area contributed by atoms with Crippen molar-refractivity contribution in [3.63, 3.8) is 0 Å². The molecule has 0 saturated carbocycles. The summed E-state index contributed by atoms with van der Waals surface area (Å²) in [6.07, 6.45) is 0.364. The third-order valence-electron chi connectivity index (χ3n) is 3.67. The molecule has 1 heterocycles. The molecule has 0 aliphatic carbocycles. The molecule has 0 unspecified atom stereocenters. The van der Waals surface area contributed by atoms with E-state index in [9.17, 15) is 13.2 Å². The fourth-order valence-electron chi connectivity index (χ4n) is 2.52. The average Bonchev–Trinajstić information content (AvgIpc) is 2.46. The van der Waals surface area contributed by atoms with Crippen LogP contribution >= 0.6 is 11.6 Å². The molecule has 134 valence electrons. The second-order valence-electron chi connectivity index (χ2n) is 6.80. The molecule has 1 fully saturated rings. The van der Waals surface area contributed by atoms with Gasteiger partial charge in [-0.05, 0) is 57.9 Å². The molecule has 0 spiro atoms. The van der Waals surface area contributed by atoms with Crippen LogP contribution < -0.4 is 5.43 Å². The number of carbonyl (C=O) groups excluding carboxylic acids is 1. The predicted octanol–water partition coefficient (Wildman–Crippen LogP) is 3.02. The molecule has 1 amide bonds. The van der Waals surface area contributed by atoms with Gasteiger partial charge in [-0.3, -0.25) is 5.43 Å². The molecule has 24 heavy (non-hydrogen) atoms. The fourth-order valence-corrected chi connectivity index (χ4v) is 4.38. The van der Waals surface area contributed by atoms with E-state index in [2.05, 4.69) is 5.43 Å². The number of nitrogens with one attached hydrogen (secondary N) is 1. The van der Waals surface area contributed by atoms with Crippen molar-refractivity contribution < 1.29 is 17.9 Å². The number of nitrogens with zero attached hydrogens (tertiary/aromatic N) is 1. The van der Waals surface area contributed by atoms with Gasteiger partial charge in [-0.15, -0.1) is 0 Å². The predicted molar refractivity (Wildman–Crippen MR) is 92.6 cm³/mol. The van der Waals surface area contributed by atoms with E-state index in [1.165, 1.54) is 12.1 Å². The second kappa shape index (κ2) is 7.29. The Hall–Kier alpha value is -1.31. The van der Waals surface area contributed by atoms with Gasteiger partial charge in [-0.1, -0.05) is 11.6 Å². The van der Waals surface area contributed by atoms with Gasteiger partial charge in [0.05, 0.1) is 10.1 Å². The van der Waals surface area contributed by atoms with E-state index in [4.69, 9.17) is 16.3 Å². The molecular formula is C16H23ClN2O4S. The van der Waals surface area contributed by atoms with Gasteiger partial charge in [0.1, 0.15) is 5.60 Å². The molecule has 8 heteroatoms. The molecule has 0 bridgehead atoms. The molecule has 1 aliphatic rings. The summed E-state index contributed by atoms with van der Waals surface area (Å²) < 4.78 is 30.5. The Bertz CT molecular complexity index is 675. The number of piperidine rings is 1. The van der Waals surface area contributed by atoms with Crippen molar-refractivity contribution in [3.8, 4) is 0 Å². The molecule has 6 nitrogen and oxygen atoms in total. The van der Waals surface area contributed by atoms with Crippen LogP contribution in [0.1, 0.15) is 33.6 Å². The summed E-state index contributed by atoms with van der Waals surface area (Å²) in [7, 11) is -3.39. The lowest BCUT2D eigenvalue weighted by Crippen LogP contribution is -2.50. The molecule has 1 aliphatic heterocycles. The number of ether oxygens (including phenoxy) is 1. The Morgan fingerprint density at radius 1 is 1.21 bits per heavy atom. The average molecular weight is 375 g/mol. The highest BCUT2D eigenvalue weighted by Crippen LogP contribution is 2.25. The minimum atomic E-state index is -3.39. The van der Waals surface area contributed by atoms with Crippen LogP contribution in [0.4, 0.5) is 4.79 Å². The summed E-state index contributed by atoms with van der Waals surface area (Å²) in [4.78, 5) is 12.0. The Morgan fingerprint density at radius 2 is 1.75 bits per heavy atom. The highest BCUT2D eigenvalue weighted by atomic mass is 35.5. The van der Waals surface area contributed by atoms with E-state index in [1.807, 2.05) is 0 Å². The zero-order valence-electron chi connectivity index (χ0n) is 14.1. The van der Waals surface area contributed by atoms with Crippen molar-refractivity contribution >= 4 is 27.5 Å². The number of halogens is 1. The normalized spacial score (nSPS) is 17.5. The minimum Gasteiger partial charge on any atom is -0.443 e. The van der Waals surface area contributed by atoms with Crippen molar-refractivity contribution in [1.82, 2.24) is 10.4 Å². The SMILES string of the molecule is CC(C)(C)OC(=O)NN1CCC(S(=O)(=O)c2ccc(Cl)cc2)CC1. The summed E-state index contributed by atoms with van der Waals surface area (Å²) in [6.45, 7) is 6.28. The molecule has 0 radical (unpaired) electrons. The van der Waals surface area contributed by atoms with Gasteiger partial charge < -0.3 is 4.74 Å². The number of hydrogen-bond donors (Lipinski definition) is 1. The number of sulfone groups is 1. The first-order chi connectivity index (χ1) is 11.1. The zero-order valence-corrected chi connectivity index (χ0v) is 15.7. The maximum absolute atomic E-state index is 12.6. The van der Waals surface area contributed by atoms with E-state index in [-0.39, 0.29) is 4.90 Å². The first-order valence-electron chi connectivity index (χ1n) is 7.82. The maximum Gasteiger partial charge on any atom is 0.422 e. The molecule has 1 aromatic carbocycles. The van der Waals surface area contributed by atoms with Crippen LogP contribution in [0.3, 0.4) is 0 Å². The fraction of sp³-hybridized carbons (Fsp3) is 0.562. The monoisotopic (exact) mass is 374 g/mol. The minimum absolute atomic E-state index is 0.283. The third-order valence-corrected chi connectivity index (χ3v) is 6.20. The highest BCUT2D eigenvalue weighted by Gasteiger charge is 2.32. The maximum atomic E-state index is 12.6. The number of hydrazine groups is 1. The van der Waals surface area contributed by atoms with Crippen molar-refractivity contribution in [2.75, 3.05) is 13.1 Å². The van der Waals surface area contributed by atoms with Gasteiger partial charge in [0, 0.05) is 18.1 Å². The van der Waals surface area contributed by atoms with Gasteiger partial charge in [0.15, 0.2) is 9.84 Å². The Morgan fingerprint density at radius 3 is 2.25 bits per heavy atom. The van der Waals surface area contributed by atoms with Gasteiger partial charge in [-0.2, -0.15) is 0 Å². The molecular weight excluding hydrogens is 352 g/mol.